The van der Waals surface area contributed by atoms with E-state index in [9.17, 15) is 4.79 Å². The molecule has 0 atom stereocenters. The number of rotatable bonds is 4. The van der Waals surface area contributed by atoms with Crippen LogP contribution in [0, 0.1) is 0 Å². The monoisotopic (exact) mass is 363 g/mol. The number of amides is 1. The first kappa shape index (κ1) is 18.9. The highest BCUT2D eigenvalue weighted by Crippen LogP contribution is 2.11. The van der Waals surface area contributed by atoms with Crippen LogP contribution < -0.4 is 10.9 Å². The lowest BCUT2D eigenvalue weighted by Gasteiger charge is -2.20. The average Bonchev–Trinajstić information content (AvgIpc) is 3.04. The number of amidine groups is 1. The van der Waals surface area contributed by atoms with Gasteiger partial charge in [-0.15, -0.1) is 0 Å². The van der Waals surface area contributed by atoms with Crippen LogP contribution in [0.3, 0.4) is 0 Å². The van der Waals surface area contributed by atoms with E-state index < -0.39 is 11.7 Å². The minimum atomic E-state index is -0.576. The van der Waals surface area contributed by atoms with Crippen molar-refractivity contribution >= 4 is 23.5 Å². The molecule has 1 aromatic heterocycles. The molecule has 1 amide bonds. The van der Waals surface area contributed by atoms with Gasteiger partial charge in [-0.05, 0) is 50.6 Å². The molecule has 0 aliphatic rings. The molecule has 0 bridgehead atoms. The molecule has 0 aliphatic carbocycles. The van der Waals surface area contributed by atoms with Gasteiger partial charge < -0.3 is 9.15 Å². The number of benzene rings is 1. The highest BCUT2D eigenvalue weighted by molar-refractivity contribution is 6.30. The maximum absolute atomic E-state index is 11.8. The van der Waals surface area contributed by atoms with Crippen LogP contribution in [0.4, 0.5) is 4.79 Å². The molecule has 0 unspecified atom stereocenters. The third-order valence-corrected chi connectivity index (χ3v) is 3.25. The second-order valence-corrected chi connectivity index (χ2v) is 6.83. The Morgan fingerprint density at radius 3 is 2.52 bits per heavy atom. The lowest BCUT2D eigenvalue weighted by molar-refractivity contribution is 0.0512. The number of halogens is 1. The van der Waals surface area contributed by atoms with Crippen molar-refractivity contribution in [1.29, 1.82) is 0 Å². The zero-order valence-corrected chi connectivity index (χ0v) is 15.3. The van der Waals surface area contributed by atoms with E-state index in [1.165, 1.54) is 0 Å². The smallest absolute Gasteiger partial charge is 0.426 e. The summed E-state index contributed by atoms with van der Waals surface area (Å²) in [7, 11) is 0. The van der Waals surface area contributed by atoms with E-state index in [-0.39, 0.29) is 0 Å². The standard InChI is InChI=1S/C18H22ClN3O3/c1-18(2,3)25-17(23)22-21-16(20-12-15-5-4-10-24-15)11-13-6-8-14(19)9-7-13/h4-10H,11-12H2,1-3H3,(H,20,21)(H,22,23). The van der Waals surface area contributed by atoms with Crippen molar-refractivity contribution in [2.24, 2.45) is 4.99 Å². The van der Waals surface area contributed by atoms with Gasteiger partial charge in [0.2, 0.25) is 0 Å². The van der Waals surface area contributed by atoms with E-state index in [4.69, 9.17) is 20.8 Å². The molecule has 134 valence electrons. The van der Waals surface area contributed by atoms with Crippen LogP contribution in [0.2, 0.25) is 5.02 Å². The van der Waals surface area contributed by atoms with E-state index in [2.05, 4.69) is 15.8 Å². The minimum Gasteiger partial charge on any atom is -0.467 e. The molecular weight excluding hydrogens is 342 g/mol. The average molecular weight is 364 g/mol. The second kappa shape index (κ2) is 8.58. The third-order valence-electron chi connectivity index (χ3n) is 3.00. The Bertz CT molecular complexity index is 704. The topological polar surface area (TPSA) is 75.9 Å². The molecule has 6 nitrogen and oxygen atoms in total. The van der Waals surface area contributed by atoms with Crippen molar-refractivity contribution in [3.63, 3.8) is 0 Å². The van der Waals surface area contributed by atoms with Gasteiger partial charge in [-0.1, -0.05) is 23.7 Å². The molecule has 0 saturated carbocycles. The van der Waals surface area contributed by atoms with Gasteiger partial charge in [0.1, 0.15) is 17.2 Å². The quantitative estimate of drug-likeness (QED) is 0.487. The first-order chi connectivity index (χ1) is 11.8. The number of hydrazine groups is 1. The summed E-state index contributed by atoms with van der Waals surface area (Å²) in [6, 6.07) is 11.1. The minimum absolute atomic E-state index is 0.360. The van der Waals surface area contributed by atoms with E-state index in [1.54, 1.807) is 33.1 Å². The number of aliphatic imine (C=N–C) groups is 1. The van der Waals surface area contributed by atoms with Gasteiger partial charge in [-0.25, -0.2) is 10.2 Å². The van der Waals surface area contributed by atoms with Crippen LogP contribution in [0.15, 0.2) is 52.1 Å². The number of hydrogen-bond acceptors (Lipinski definition) is 4. The fourth-order valence-corrected chi connectivity index (χ4v) is 2.06. The molecule has 0 radical (unpaired) electrons. The molecule has 2 N–H and O–H groups in total. The van der Waals surface area contributed by atoms with Crippen molar-refractivity contribution in [3.8, 4) is 0 Å². The van der Waals surface area contributed by atoms with Crippen molar-refractivity contribution in [2.45, 2.75) is 39.3 Å². The Morgan fingerprint density at radius 2 is 1.92 bits per heavy atom. The SMILES string of the molecule is CC(C)(C)OC(=O)NNC(Cc1ccc(Cl)cc1)=NCc1ccco1. The zero-order valence-electron chi connectivity index (χ0n) is 14.5. The first-order valence-corrected chi connectivity index (χ1v) is 8.25. The maximum atomic E-state index is 11.8. The number of hydrogen-bond donors (Lipinski definition) is 2. The summed E-state index contributed by atoms with van der Waals surface area (Å²) >= 11 is 5.91. The summed E-state index contributed by atoms with van der Waals surface area (Å²) in [5.41, 5.74) is 5.75. The number of carbonyl (C=O) groups excluding carboxylic acids is 1. The fraction of sp³-hybridized carbons (Fsp3) is 0.333. The van der Waals surface area contributed by atoms with Crippen molar-refractivity contribution in [2.75, 3.05) is 0 Å². The molecule has 1 heterocycles. The number of nitrogens with one attached hydrogen (secondary N) is 2. The molecule has 1 aromatic carbocycles. The number of nitrogens with zero attached hydrogens (tertiary/aromatic N) is 1. The lowest BCUT2D eigenvalue weighted by Crippen LogP contribution is -2.45. The van der Waals surface area contributed by atoms with Gasteiger partial charge in [0.25, 0.3) is 0 Å². The Morgan fingerprint density at radius 1 is 1.20 bits per heavy atom. The summed E-state index contributed by atoms with van der Waals surface area (Å²) in [6.45, 7) is 5.75. The van der Waals surface area contributed by atoms with E-state index in [0.29, 0.717) is 23.8 Å². The third kappa shape index (κ3) is 7.30. The molecule has 2 rings (SSSR count). The lowest BCUT2D eigenvalue weighted by atomic mass is 10.1. The Hall–Kier alpha value is -2.47. The van der Waals surface area contributed by atoms with Crippen LogP contribution in [0.25, 0.3) is 0 Å². The summed E-state index contributed by atoms with van der Waals surface area (Å²) in [6.07, 6.45) is 1.51. The first-order valence-electron chi connectivity index (χ1n) is 7.87. The second-order valence-electron chi connectivity index (χ2n) is 6.40. The zero-order chi connectivity index (χ0) is 18.3. The summed E-state index contributed by atoms with van der Waals surface area (Å²) in [5.74, 6) is 1.30. The Balaban J connectivity index is 2.01. The van der Waals surface area contributed by atoms with Crippen molar-refractivity contribution < 1.29 is 13.9 Å². The van der Waals surface area contributed by atoms with E-state index in [0.717, 1.165) is 11.3 Å². The van der Waals surface area contributed by atoms with E-state index >= 15 is 0 Å². The number of furan rings is 1. The van der Waals surface area contributed by atoms with Crippen LogP contribution >= 0.6 is 11.6 Å². The van der Waals surface area contributed by atoms with Gasteiger partial charge >= 0.3 is 6.09 Å². The van der Waals surface area contributed by atoms with Gasteiger partial charge in [0.15, 0.2) is 0 Å². The summed E-state index contributed by atoms with van der Waals surface area (Å²) in [4.78, 5) is 16.3. The highest BCUT2D eigenvalue weighted by Gasteiger charge is 2.16. The predicted molar refractivity (Wildman–Crippen MR) is 97.5 cm³/mol. The number of ether oxygens (including phenoxy) is 1. The summed E-state index contributed by atoms with van der Waals surface area (Å²) in [5, 5.41) is 0.665. The maximum Gasteiger partial charge on any atom is 0.426 e. The van der Waals surface area contributed by atoms with Gasteiger partial charge in [0, 0.05) is 11.4 Å². The van der Waals surface area contributed by atoms with Crippen LogP contribution in [0.1, 0.15) is 32.1 Å². The number of carbonyl (C=O) groups is 1. The molecule has 7 heteroatoms. The van der Waals surface area contributed by atoms with Crippen molar-refractivity contribution in [1.82, 2.24) is 10.9 Å². The fourth-order valence-electron chi connectivity index (χ4n) is 1.94. The highest BCUT2D eigenvalue weighted by atomic mass is 35.5. The normalized spacial score (nSPS) is 11.9. The van der Waals surface area contributed by atoms with E-state index in [1.807, 2.05) is 30.3 Å². The molecule has 0 fully saturated rings. The molecular formula is C18H22ClN3O3. The van der Waals surface area contributed by atoms with Crippen LogP contribution in [-0.2, 0) is 17.7 Å². The largest absolute Gasteiger partial charge is 0.467 e. The molecule has 0 spiro atoms. The van der Waals surface area contributed by atoms with Gasteiger partial charge in [-0.3, -0.25) is 10.4 Å². The molecule has 0 aliphatic heterocycles. The molecule has 25 heavy (non-hydrogen) atoms. The van der Waals surface area contributed by atoms with Gasteiger partial charge in [0.05, 0.1) is 12.8 Å². The Kier molecular flexibility index (Phi) is 6.47. The molecule has 0 saturated heterocycles. The predicted octanol–water partition coefficient (Wildman–Crippen LogP) is 4.10. The molecule has 2 aromatic rings. The van der Waals surface area contributed by atoms with Crippen molar-refractivity contribution in [3.05, 3.63) is 59.0 Å². The van der Waals surface area contributed by atoms with Crippen LogP contribution in [0.5, 0.6) is 0 Å². The summed E-state index contributed by atoms with van der Waals surface area (Å²) < 4.78 is 10.5. The Labute approximate surface area is 152 Å². The van der Waals surface area contributed by atoms with Gasteiger partial charge in [-0.2, -0.15) is 0 Å². The van der Waals surface area contributed by atoms with Crippen LogP contribution in [-0.4, -0.2) is 17.5 Å².